The van der Waals surface area contributed by atoms with Gasteiger partial charge in [-0.3, -0.25) is 9.59 Å². The third kappa shape index (κ3) is 4.18. The standard InChI is InChI=1S/C20H18FN3O5/c1-27-13-8-12(9-14(10-13)28-2)24-18(29-3)11-17(25)19(23-24)20(26)22-16-7-5-4-6-15(16)21/h4-11H,1-3H3,(H,22,26). The Morgan fingerprint density at radius 1 is 1.00 bits per heavy atom. The second-order valence-electron chi connectivity index (χ2n) is 5.82. The van der Waals surface area contributed by atoms with Gasteiger partial charge in [0.2, 0.25) is 11.3 Å². The molecule has 1 amide bonds. The number of aromatic nitrogens is 2. The van der Waals surface area contributed by atoms with Gasteiger partial charge in [0.15, 0.2) is 5.69 Å². The fraction of sp³-hybridized carbons (Fsp3) is 0.150. The summed E-state index contributed by atoms with van der Waals surface area (Å²) in [5.41, 5.74) is -0.750. The predicted molar refractivity (Wildman–Crippen MR) is 104 cm³/mol. The number of para-hydroxylation sites is 1. The van der Waals surface area contributed by atoms with E-state index in [0.29, 0.717) is 17.2 Å². The van der Waals surface area contributed by atoms with Crippen LogP contribution in [-0.4, -0.2) is 37.0 Å². The van der Waals surface area contributed by atoms with Crippen LogP contribution in [0.25, 0.3) is 5.69 Å². The van der Waals surface area contributed by atoms with Crippen LogP contribution in [0, 0.1) is 5.82 Å². The zero-order valence-corrected chi connectivity index (χ0v) is 15.9. The molecule has 0 atom stereocenters. The van der Waals surface area contributed by atoms with E-state index in [0.717, 1.165) is 6.07 Å². The highest BCUT2D eigenvalue weighted by Crippen LogP contribution is 2.26. The highest BCUT2D eigenvalue weighted by Gasteiger charge is 2.19. The van der Waals surface area contributed by atoms with Gasteiger partial charge in [-0.1, -0.05) is 12.1 Å². The van der Waals surface area contributed by atoms with E-state index in [4.69, 9.17) is 14.2 Å². The summed E-state index contributed by atoms with van der Waals surface area (Å²) in [6.07, 6.45) is 0. The number of hydrogen-bond donors (Lipinski definition) is 1. The molecule has 0 radical (unpaired) electrons. The molecule has 0 saturated heterocycles. The molecule has 0 aliphatic rings. The number of nitrogens with zero attached hydrogens (tertiary/aromatic N) is 2. The Balaban J connectivity index is 2.09. The van der Waals surface area contributed by atoms with Crippen molar-refractivity contribution in [3.05, 3.63) is 70.3 Å². The van der Waals surface area contributed by atoms with Gasteiger partial charge in [-0.25, -0.2) is 4.39 Å². The lowest BCUT2D eigenvalue weighted by Gasteiger charge is -2.14. The molecule has 29 heavy (non-hydrogen) atoms. The number of anilines is 1. The molecule has 150 valence electrons. The Morgan fingerprint density at radius 3 is 2.24 bits per heavy atom. The van der Waals surface area contributed by atoms with E-state index in [-0.39, 0.29) is 11.6 Å². The zero-order chi connectivity index (χ0) is 21.0. The van der Waals surface area contributed by atoms with Crippen LogP contribution >= 0.6 is 0 Å². The summed E-state index contributed by atoms with van der Waals surface area (Å²) in [5, 5.41) is 6.47. The van der Waals surface area contributed by atoms with E-state index in [1.165, 1.54) is 44.2 Å². The summed E-state index contributed by atoms with van der Waals surface area (Å²) in [4.78, 5) is 25.0. The van der Waals surface area contributed by atoms with Crippen LogP contribution in [-0.2, 0) is 0 Å². The number of halogens is 1. The van der Waals surface area contributed by atoms with Crippen LogP contribution in [0.5, 0.6) is 17.4 Å². The van der Waals surface area contributed by atoms with Crippen molar-refractivity contribution in [2.24, 2.45) is 0 Å². The van der Waals surface area contributed by atoms with E-state index < -0.39 is 22.8 Å². The first-order chi connectivity index (χ1) is 14.0. The number of nitrogens with one attached hydrogen (secondary N) is 1. The molecule has 1 aromatic heterocycles. The molecule has 9 heteroatoms. The van der Waals surface area contributed by atoms with E-state index in [1.54, 1.807) is 24.3 Å². The second-order valence-corrected chi connectivity index (χ2v) is 5.82. The highest BCUT2D eigenvalue weighted by molar-refractivity contribution is 6.02. The number of carbonyl (C=O) groups excluding carboxylic acids is 1. The maximum Gasteiger partial charge on any atom is 0.280 e. The van der Waals surface area contributed by atoms with Crippen LogP contribution < -0.4 is 25.0 Å². The molecule has 0 bridgehead atoms. The Morgan fingerprint density at radius 2 is 1.66 bits per heavy atom. The maximum absolute atomic E-state index is 13.8. The summed E-state index contributed by atoms with van der Waals surface area (Å²) in [5.74, 6) is -0.454. The monoisotopic (exact) mass is 399 g/mol. The Hall–Kier alpha value is -3.88. The fourth-order valence-electron chi connectivity index (χ4n) is 2.59. The van der Waals surface area contributed by atoms with Gasteiger partial charge in [-0.2, -0.15) is 9.78 Å². The van der Waals surface area contributed by atoms with Crippen LogP contribution in [0.15, 0.2) is 53.3 Å². The highest BCUT2D eigenvalue weighted by atomic mass is 19.1. The zero-order valence-electron chi connectivity index (χ0n) is 15.9. The average Bonchev–Trinajstić information content (AvgIpc) is 2.74. The minimum atomic E-state index is -0.855. The average molecular weight is 399 g/mol. The fourth-order valence-corrected chi connectivity index (χ4v) is 2.59. The molecule has 8 nitrogen and oxygen atoms in total. The largest absolute Gasteiger partial charge is 0.497 e. The van der Waals surface area contributed by atoms with Crippen molar-refractivity contribution in [3.8, 4) is 23.1 Å². The van der Waals surface area contributed by atoms with Crippen LogP contribution in [0.2, 0.25) is 0 Å². The summed E-state index contributed by atoms with van der Waals surface area (Å²) in [6.45, 7) is 0. The number of methoxy groups -OCH3 is 3. The van der Waals surface area contributed by atoms with Gasteiger partial charge >= 0.3 is 0 Å². The van der Waals surface area contributed by atoms with E-state index in [1.807, 2.05) is 0 Å². The van der Waals surface area contributed by atoms with Gasteiger partial charge in [-0.15, -0.1) is 0 Å². The van der Waals surface area contributed by atoms with Gasteiger partial charge in [0, 0.05) is 18.2 Å². The molecule has 2 aromatic carbocycles. The Bertz CT molecular complexity index is 1090. The number of carbonyl (C=O) groups is 1. The van der Waals surface area contributed by atoms with Crippen molar-refractivity contribution in [1.82, 2.24) is 9.78 Å². The van der Waals surface area contributed by atoms with Crippen LogP contribution in [0.3, 0.4) is 0 Å². The molecule has 0 spiro atoms. The molecule has 0 aliphatic heterocycles. The van der Waals surface area contributed by atoms with Crippen molar-refractivity contribution in [2.75, 3.05) is 26.6 Å². The van der Waals surface area contributed by atoms with Gasteiger partial charge in [0.25, 0.3) is 5.91 Å². The molecule has 0 unspecified atom stereocenters. The quantitative estimate of drug-likeness (QED) is 0.685. The maximum atomic E-state index is 13.8. The minimum Gasteiger partial charge on any atom is -0.497 e. The number of rotatable bonds is 6. The molecule has 0 aliphatic carbocycles. The van der Waals surface area contributed by atoms with Gasteiger partial charge in [-0.05, 0) is 12.1 Å². The van der Waals surface area contributed by atoms with Crippen LogP contribution in [0.4, 0.5) is 10.1 Å². The lowest BCUT2D eigenvalue weighted by Crippen LogP contribution is -2.26. The number of ether oxygens (including phenoxy) is 3. The third-order valence-corrected chi connectivity index (χ3v) is 4.02. The van der Waals surface area contributed by atoms with E-state index in [9.17, 15) is 14.0 Å². The molecular formula is C20H18FN3O5. The lowest BCUT2D eigenvalue weighted by atomic mass is 10.2. The topological polar surface area (TPSA) is 91.7 Å². The molecule has 0 saturated carbocycles. The molecule has 1 heterocycles. The predicted octanol–water partition coefficient (Wildman–Crippen LogP) is 2.65. The first kappa shape index (κ1) is 19.9. The molecule has 1 N–H and O–H groups in total. The number of hydrogen-bond acceptors (Lipinski definition) is 6. The van der Waals surface area contributed by atoms with E-state index in [2.05, 4.69) is 10.4 Å². The lowest BCUT2D eigenvalue weighted by molar-refractivity contribution is 0.101. The normalized spacial score (nSPS) is 10.3. The number of benzene rings is 2. The second kappa shape index (κ2) is 8.42. The van der Waals surface area contributed by atoms with Gasteiger partial charge in [0.1, 0.15) is 17.3 Å². The van der Waals surface area contributed by atoms with Crippen molar-refractivity contribution in [1.29, 1.82) is 0 Å². The molecule has 0 fully saturated rings. The van der Waals surface area contributed by atoms with Crippen molar-refractivity contribution < 1.29 is 23.4 Å². The number of amides is 1. The summed E-state index contributed by atoms with van der Waals surface area (Å²) in [6, 6.07) is 11.6. The SMILES string of the molecule is COc1cc(OC)cc(-n2nc(C(=O)Nc3ccccc3F)c(=O)cc2OC)c1. The summed E-state index contributed by atoms with van der Waals surface area (Å²) < 4.78 is 30.8. The Labute approximate surface area is 165 Å². The smallest absolute Gasteiger partial charge is 0.280 e. The first-order valence-corrected chi connectivity index (χ1v) is 8.44. The Kier molecular flexibility index (Phi) is 5.77. The molecule has 3 rings (SSSR count). The van der Waals surface area contributed by atoms with Crippen molar-refractivity contribution >= 4 is 11.6 Å². The van der Waals surface area contributed by atoms with E-state index >= 15 is 0 Å². The minimum absolute atomic E-state index is 0.0656. The summed E-state index contributed by atoms with van der Waals surface area (Å²) >= 11 is 0. The van der Waals surface area contributed by atoms with Gasteiger partial charge in [0.05, 0.1) is 38.8 Å². The molecule has 3 aromatic rings. The first-order valence-electron chi connectivity index (χ1n) is 8.44. The summed E-state index contributed by atoms with van der Waals surface area (Å²) in [7, 11) is 4.34. The van der Waals surface area contributed by atoms with Crippen molar-refractivity contribution in [3.63, 3.8) is 0 Å². The molecular weight excluding hydrogens is 381 g/mol. The van der Waals surface area contributed by atoms with Crippen molar-refractivity contribution in [2.45, 2.75) is 0 Å². The third-order valence-electron chi connectivity index (χ3n) is 4.02. The van der Waals surface area contributed by atoms with Crippen LogP contribution in [0.1, 0.15) is 10.5 Å². The van der Waals surface area contributed by atoms with Gasteiger partial charge < -0.3 is 19.5 Å².